The van der Waals surface area contributed by atoms with Gasteiger partial charge in [-0.2, -0.15) is 0 Å². The fourth-order valence-corrected chi connectivity index (χ4v) is 3.59. The first kappa shape index (κ1) is 21.1. The first-order chi connectivity index (χ1) is 16.6. The van der Waals surface area contributed by atoms with E-state index in [4.69, 9.17) is 0 Å². The molecular weight excluding hydrogens is 429 g/mol. The Morgan fingerprint density at radius 1 is 0.706 bits per heavy atom. The van der Waals surface area contributed by atoms with Crippen LogP contribution in [0.1, 0.15) is 10.4 Å². The first-order valence-electron chi connectivity index (χ1n) is 10.6. The summed E-state index contributed by atoms with van der Waals surface area (Å²) < 4.78 is 13.8. The fourth-order valence-electron chi connectivity index (χ4n) is 3.59. The quantitative estimate of drug-likeness (QED) is 0.275. The molecule has 0 aliphatic heterocycles. The van der Waals surface area contributed by atoms with Crippen molar-refractivity contribution in [2.24, 2.45) is 0 Å². The molecule has 34 heavy (non-hydrogen) atoms. The fraction of sp³-hybridized carbons (Fsp3) is 0. The van der Waals surface area contributed by atoms with E-state index in [1.165, 1.54) is 12.1 Å². The van der Waals surface area contributed by atoms with Crippen LogP contribution in [0.25, 0.3) is 10.8 Å². The maximum atomic E-state index is 13.8. The maximum absolute atomic E-state index is 13.8. The van der Waals surface area contributed by atoms with Crippen LogP contribution in [0.15, 0.2) is 104 Å². The van der Waals surface area contributed by atoms with Crippen LogP contribution in [-0.2, 0) is 0 Å². The molecule has 0 spiro atoms. The highest BCUT2D eigenvalue weighted by atomic mass is 19.1. The Hall–Kier alpha value is -4.78. The van der Waals surface area contributed by atoms with E-state index in [-0.39, 0.29) is 11.7 Å². The molecule has 1 amide bonds. The van der Waals surface area contributed by atoms with E-state index in [1.54, 1.807) is 42.9 Å². The second-order valence-electron chi connectivity index (χ2n) is 7.63. The summed E-state index contributed by atoms with van der Waals surface area (Å²) in [6.45, 7) is 0. The van der Waals surface area contributed by atoms with Crippen molar-refractivity contribution >= 4 is 45.2 Å². The number of rotatable bonds is 6. The van der Waals surface area contributed by atoms with E-state index in [1.807, 2.05) is 48.5 Å². The molecule has 6 nitrogen and oxygen atoms in total. The van der Waals surface area contributed by atoms with Gasteiger partial charge >= 0.3 is 0 Å². The van der Waals surface area contributed by atoms with Gasteiger partial charge in [0.1, 0.15) is 11.6 Å². The van der Waals surface area contributed by atoms with E-state index >= 15 is 0 Å². The van der Waals surface area contributed by atoms with Crippen LogP contribution in [0.4, 0.5) is 33.0 Å². The standard InChI is InChI=1S/C27H20FN5O/c28-20-8-7-18-9-14-30-26(25(18)16-20)32-22-4-1-3-19(15-22)27(34)33-24-6-2-5-23(17-24)31-21-10-12-29-13-11-21/h1-17H,(H,29,31)(H,30,32)(H,33,34). The van der Waals surface area contributed by atoms with Gasteiger partial charge in [0.2, 0.25) is 0 Å². The zero-order valence-electron chi connectivity index (χ0n) is 18.0. The summed E-state index contributed by atoms with van der Waals surface area (Å²) in [4.78, 5) is 21.3. The highest BCUT2D eigenvalue weighted by Crippen LogP contribution is 2.26. The minimum absolute atomic E-state index is 0.248. The minimum atomic E-state index is -0.336. The molecule has 0 aliphatic rings. The van der Waals surface area contributed by atoms with Crippen molar-refractivity contribution in [2.45, 2.75) is 0 Å². The van der Waals surface area contributed by atoms with Crippen molar-refractivity contribution in [1.29, 1.82) is 0 Å². The number of hydrogen-bond acceptors (Lipinski definition) is 5. The van der Waals surface area contributed by atoms with E-state index in [2.05, 4.69) is 25.9 Å². The molecule has 0 saturated heterocycles. The summed E-state index contributed by atoms with van der Waals surface area (Å²) in [6.07, 6.45) is 5.07. The van der Waals surface area contributed by atoms with Gasteiger partial charge in [-0.05, 0) is 72.1 Å². The van der Waals surface area contributed by atoms with Crippen molar-refractivity contribution < 1.29 is 9.18 Å². The van der Waals surface area contributed by atoms with Gasteiger partial charge in [0.05, 0.1) is 0 Å². The molecule has 5 aromatic rings. The van der Waals surface area contributed by atoms with Crippen LogP contribution in [0, 0.1) is 5.82 Å². The number of nitrogens with one attached hydrogen (secondary N) is 3. The topological polar surface area (TPSA) is 78.9 Å². The Bertz CT molecular complexity index is 1470. The Balaban J connectivity index is 1.33. The number of anilines is 5. The predicted octanol–water partition coefficient (Wildman–Crippen LogP) is 6.51. The molecule has 0 radical (unpaired) electrons. The van der Waals surface area contributed by atoms with Crippen LogP contribution in [0.3, 0.4) is 0 Å². The lowest BCUT2D eigenvalue weighted by Crippen LogP contribution is -2.12. The third-order valence-electron chi connectivity index (χ3n) is 5.21. The number of aromatic nitrogens is 2. The summed E-state index contributed by atoms with van der Waals surface area (Å²) in [5.41, 5.74) is 3.55. The van der Waals surface area contributed by atoms with Gasteiger partial charge in [-0.3, -0.25) is 9.78 Å². The van der Waals surface area contributed by atoms with Gasteiger partial charge < -0.3 is 16.0 Å². The second-order valence-corrected chi connectivity index (χ2v) is 7.63. The van der Waals surface area contributed by atoms with Crippen molar-refractivity contribution in [3.05, 3.63) is 115 Å². The molecular formula is C27H20FN5O. The average Bonchev–Trinajstić information content (AvgIpc) is 2.85. The van der Waals surface area contributed by atoms with E-state index in [0.717, 1.165) is 16.8 Å². The summed E-state index contributed by atoms with van der Waals surface area (Å²) in [5.74, 6) is -0.0663. The highest BCUT2D eigenvalue weighted by Gasteiger charge is 2.09. The van der Waals surface area contributed by atoms with Gasteiger partial charge in [0.15, 0.2) is 0 Å². The van der Waals surface area contributed by atoms with Crippen LogP contribution in [-0.4, -0.2) is 15.9 Å². The molecule has 7 heteroatoms. The van der Waals surface area contributed by atoms with Crippen molar-refractivity contribution in [3.63, 3.8) is 0 Å². The SMILES string of the molecule is O=C(Nc1cccc(Nc2ccncc2)c1)c1cccc(Nc2nccc3ccc(F)cc23)c1. The summed E-state index contributed by atoms with van der Waals surface area (Å²) >= 11 is 0. The predicted molar refractivity (Wildman–Crippen MR) is 133 cm³/mol. The molecule has 0 fully saturated rings. The Morgan fingerprint density at radius 3 is 2.32 bits per heavy atom. The number of carbonyl (C=O) groups excluding carboxylic acids is 1. The molecule has 3 aromatic carbocycles. The van der Waals surface area contributed by atoms with Crippen LogP contribution in [0.5, 0.6) is 0 Å². The van der Waals surface area contributed by atoms with Crippen molar-refractivity contribution in [1.82, 2.24) is 9.97 Å². The molecule has 166 valence electrons. The monoisotopic (exact) mass is 449 g/mol. The van der Waals surface area contributed by atoms with Crippen LogP contribution in [0.2, 0.25) is 0 Å². The number of amides is 1. The molecule has 5 rings (SSSR count). The number of hydrogen-bond donors (Lipinski definition) is 3. The normalized spacial score (nSPS) is 10.6. The molecule has 0 unspecified atom stereocenters. The molecule has 0 bridgehead atoms. The lowest BCUT2D eigenvalue weighted by Gasteiger charge is -2.12. The molecule has 3 N–H and O–H groups in total. The molecule has 0 saturated carbocycles. The maximum Gasteiger partial charge on any atom is 0.255 e. The number of halogens is 1. The number of nitrogens with zero attached hydrogens (tertiary/aromatic N) is 2. The smallest absolute Gasteiger partial charge is 0.255 e. The lowest BCUT2D eigenvalue weighted by molar-refractivity contribution is 0.102. The highest BCUT2D eigenvalue weighted by molar-refractivity contribution is 6.05. The summed E-state index contributed by atoms with van der Waals surface area (Å²) in [6, 6.07) is 24.6. The van der Waals surface area contributed by atoms with E-state index in [0.29, 0.717) is 28.1 Å². The van der Waals surface area contributed by atoms with Gasteiger partial charge in [0, 0.05) is 52.3 Å². The van der Waals surface area contributed by atoms with E-state index < -0.39 is 0 Å². The third-order valence-corrected chi connectivity index (χ3v) is 5.21. The molecule has 0 atom stereocenters. The van der Waals surface area contributed by atoms with E-state index in [9.17, 15) is 9.18 Å². The Labute approximate surface area is 195 Å². The molecule has 2 heterocycles. The zero-order chi connectivity index (χ0) is 23.3. The van der Waals surface area contributed by atoms with Crippen molar-refractivity contribution in [3.8, 4) is 0 Å². The lowest BCUT2D eigenvalue weighted by atomic mass is 10.1. The van der Waals surface area contributed by atoms with Gasteiger partial charge in [-0.25, -0.2) is 9.37 Å². The summed E-state index contributed by atoms with van der Waals surface area (Å²) in [7, 11) is 0. The molecule has 2 aromatic heterocycles. The number of carbonyl (C=O) groups is 1. The van der Waals surface area contributed by atoms with Gasteiger partial charge in [-0.15, -0.1) is 0 Å². The Kier molecular flexibility index (Phi) is 5.82. The van der Waals surface area contributed by atoms with Crippen molar-refractivity contribution in [2.75, 3.05) is 16.0 Å². The number of pyridine rings is 2. The largest absolute Gasteiger partial charge is 0.355 e. The third kappa shape index (κ3) is 4.83. The number of benzene rings is 3. The number of fused-ring (bicyclic) bond motifs is 1. The zero-order valence-corrected chi connectivity index (χ0v) is 18.0. The average molecular weight is 449 g/mol. The van der Waals surface area contributed by atoms with Crippen LogP contribution < -0.4 is 16.0 Å². The summed E-state index contributed by atoms with van der Waals surface area (Å²) in [5, 5.41) is 10.9. The van der Waals surface area contributed by atoms with Crippen LogP contribution >= 0.6 is 0 Å². The van der Waals surface area contributed by atoms with Gasteiger partial charge in [-0.1, -0.05) is 18.2 Å². The van der Waals surface area contributed by atoms with Gasteiger partial charge in [0.25, 0.3) is 5.91 Å². The minimum Gasteiger partial charge on any atom is -0.355 e. The second kappa shape index (κ2) is 9.38. The first-order valence-corrected chi connectivity index (χ1v) is 10.6. The molecule has 0 aliphatic carbocycles. The Morgan fingerprint density at radius 2 is 1.47 bits per heavy atom.